The summed E-state index contributed by atoms with van der Waals surface area (Å²) in [5, 5.41) is 12.3. The predicted molar refractivity (Wildman–Crippen MR) is 51.0 cm³/mol. The maximum Gasteiger partial charge on any atom is 0.353 e. The Morgan fingerprint density at radius 2 is 2.08 bits per heavy atom. The van der Waals surface area contributed by atoms with Crippen molar-refractivity contribution in [3.63, 3.8) is 0 Å². The van der Waals surface area contributed by atoms with Crippen molar-refractivity contribution in [3.8, 4) is 0 Å². The van der Waals surface area contributed by atoms with Gasteiger partial charge in [-0.25, -0.2) is 0 Å². The zero-order valence-corrected chi connectivity index (χ0v) is 7.36. The van der Waals surface area contributed by atoms with Crippen LogP contribution in [0.1, 0.15) is 0 Å². The van der Waals surface area contributed by atoms with Crippen molar-refractivity contribution in [2.24, 2.45) is 0 Å². The fourth-order valence-corrected chi connectivity index (χ4v) is 0.785. The smallest absolute Gasteiger partial charge is 0.353 e. The van der Waals surface area contributed by atoms with Crippen LogP contribution < -0.4 is 5.32 Å². The second-order valence-corrected chi connectivity index (χ2v) is 2.62. The summed E-state index contributed by atoms with van der Waals surface area (Å²) in [7, 11) is 0. The van der Waals surface area contributed by atoms with Gasteiger partial charge in [0.1, 0.15) is 0 Å². The highest BCUT2D eigenvalue weighted by atomic mass is 35.5. The molecule has 0 unspecified atom stereocenters. The molecule has 0 saturated heterocycles. The monoisotopic (exact) mass is 198 g/mol. The van der Waals surface area contributed by atoms with E-state index in [9.17, 15) is 10.1 Å². The summed E-state index contributed by atoms with van der Waals surface area (Å²) >= 11 is 5.27. The van der Waals surface area contributed by atoms with Gasteiger partial charge in [0.25, 0.3) is 0 Å². The molecule has 0 aliphatic carbocycles. The van der Waals surface area contributed by atoms with E-state index in [1.54, 1.807) is 12.1 Å². The van der Waals surface area contributed by atoms with Gasteiger partial charge >= 0.3 is 5.16 Å². The Morgan fingerprint density at radius 3 is 2.62 bits per heavy atom. The van der Waals surface area contributed by atoms with Crippen molar-refractivity contribution in [2.45, 2.75) is 0 Å². The molecule has 0 radical (unpaired) electrons. The van der Waals surface area contributed by atoms with Crippen molar-refractivity contribution < 1.29 is 4.92 Å². The minimum absolute atomic E-state index is 0.441. The van der Waals surface area contributed by atoms with E-state index < -0.39 is 10.1 Å². The Bertz CT molecular complexity index is 324. The van der Waals surface area contributed by atoms with Crippen molar-refractivity contribution >= 4 is 17.3 Å². The number of nitrogens with one attached hydrogen (secondary N) is 1. The van der Waals surface area contributed by atoms with Crippen LogP contribution in [0.2, 0.25) is 0 Å². The maximum absolute atomic E-state index is 10.1. The first-order chi connectivity index (χ1) is 6.20. The van der Waals surface area contributed by atoms with E-state index in [1.807, 2.05) is 18.2 Å². The second-order valence-electron chi connectivity index (χ2n) is 2.23. The van der Waals surface area contributed by atoms with E-state index in [2.05, 4.69) is 5.32 Å². The van der Waals surface area contributed by atoms with E-state index in [4.69, 9.17) is 11.6 Å². The molecule has 0 aliphatic heterocycles. The molecule has 5 heteroatoms. The average molecular weight is 199 g/mol. The molecule has 0 heterocycles. The molecule has 4 nitrogen and oxygen atoms in total. The molecule has 0 fully saturated rings. The minimum Gasteiger partial charge on any atom is -0.355 e. The topological polar surface area (TPSA) is 55.2 Å². The number of anilines is 1. The average Bonchev–Trinajstić information content (AvgIpc) is 2.15. The second kappa shape index (κ2) is 4.47. The molecule has 0 saturated carbocycles. The highest BCUT2D eigenvalue weighted by Crippen LogP contribution is 2.07. The standard InChI is InChI=1S/C8H7ClN2O2/c9-8(11(12)13)6-10-7-4-2-1-3-5-7/h1-6,10H/b8-6+. The SMILES string of the molecule is O=[N+]([O-])/C(Cl)=C/Nc1ccccc1. The molecule has 1 aromatic rings. The minimum atomic E-state index is -0.669. The summed E-state index contributed by atoms with van der Waals surface area (Å²) in [6.07, 6.45) is 1.14. The van der Waals surface area contributed by atoms with E-state index in [1.165, 1.54) is 0 Å². The molecule has 0 aliphatic rings. The number of hydrogen-bond acceptors (Lipinski definition) is 3. The lowest BCUT2D eigenvalue weighted by Gasteiger charge is -1.97. The quantitative estimate of drug-likeness (QED) is 0.461. The van der Waals surface area contributed by atoms with E-state index >= 15 is 0 Å². The van der Waals surface area contributed by atoms with Crippen LogP contribution in [0.5, 0.6) is 0 Å². The first-order valence-corrected chi connectivity index (χ1v) is 3.89. The lowest BCUT2D eigenvalue weighted by atomic mass is 10.3. The lowest BCUT2D eigenvalue weighted by Crippen LogP contribution is -1.95. The summed E-state index contributed by atoms with van der Waals surface area (Å²) in [4.78, 5) is 9.42. The first kappa shape index (κ1) is 9.54. The van der Waals surface area contributed by atoms with Gasteiger partial charge in [0.15, 0.2) is 0 Å². The molecule has 0 amide bonds. The van der Waals surface area contributed by atoms with Crippen LogP contribution in [0.3, 0.4) is 0 Å². The van der Waals surface area contributed by atoms with Crippen LogP contribution in [0, 0.1) is 10.1 Å². The Morgan fingerprint density at radius 1 is 1.46 bits per heavy atom. The van der Waals surface area contributed by atoms with Crippen molar-refractivity contribution in [3.05, 3.63) is 51.8 Å². The largest absolute Gasteiger partial charge is 0.355 e. The number of nitro groups is 1. The Kier molecular flexibility index (Phi) is 3.28. The van der Waals surface area contributed by atoms with Crippen LogP contribution in [0.25, 0.3) is 0 Å². The zero-order valence-electron chi connectivity index (χ0n) is 6.61. The van der Waals surface area contributed by atoms with Crippen LogP contribution in [-0.4, -0.2) is 4.92 Å². The third-order valence-corrected chi connectivity index (χ3v) is 1.55. The van der Waals surface area contributed by atoms with Gasteiger partial charge in [-0.1, -0.05) is 18.2 Å². The van der Waals surface area contributed by atoms with Gasteiger partial charge in [-0.2, -0.15) is 0 Å². The Labute approximate surface area is 80.0 Å². The normalized spacial score (nSPS) is 11.0. The number of nitrogens with zero attached hydrogens (tertiary/aromatic N) is 1. The molecule has 0 aromatic heterocycles. The Hall–Kier alpha value is -1.55. The summed E-state index contributed by atoms with van der Waals surface area (Å²) in [5.74, 6) is 0. The van der Waals surface area contributed by atoms with E-state index in [-0.39, 0.29) is 0 Å². The highest BCUT2D eigenvalue weighted by molar-refractivity contribution is 6.28. The Balaban J connectivity index is 2.62. The number of hydrogen-bond donors (Lipinski definition) is 1. The molecule has 1 aromatic carbocycles. The summed E-state index contributed by atoms with van der Waals surface area (Å²) in [5.41, 5.74) is 0.752. The lowest BCUT2D eigenvalue weighted by molar-refractivity contribution is -0.412. The van der Waals surface area contributed by atoms with Gasteiger partial charge in [-0.3, -0.25) is 10.1 Å². The van der Waals surface area contributed by atoms with Gasteiger partial charge < -0.3 is 5.32 Å². The molecule has 13 heavy (non-hydrogen) atoms. The third kappa shape index (κ3) is 3.13. The molecular formula is C8H7ClN2O2. The molecule has 1 rings (SSSR count). The molecular weight excluding hydrogens is 192 g/mol. The van der Waals surface area contributed by atoms with Gasteiger partial charge in [0, 0.05) is 5.69 Å². The number of halogens is 1. The van der Waals surface area contributed by atoms with Crippen molar-refractivity contribution in [1.82, 2.24) is 0 Å². The number of benzene rings is 1. The van der Waals surface area contributed by atoms with Gasteiger partial charge in [-0.15, -0.1) is 0 Å². The van der Waals surface area contributed by atoms with E-state index in [0.717, 1.165) is 11.9 Å². The highest BCUT2D eigenvalue weighted by Gasteiger charge is 2.03. The van der Waals surface area contributed by atoms with Crippen LogP contribution in [-0.2, 0) is 0 Å². The summed E-state index contributed by atoms with van der Waals surface area (Å²) in [6.45, 7) is 0. The zero-order chi connectivity index (χ0) is 9.68. The fraction of sp³-hybridized carbons (Fsp3) is 0. The summed E-state index contributed by atoms with van der Waals surface area (Å²) < 4.78 is 0. The maximum atomic E-state index is 10.1. The van der Waals surface area contributed by atoms with Gasteiger partial charge in [-0.05, 0) is 23.7 Å². The van der Waals surface area contributed by atoms with Crippen LogP contribution in [0.15, 0.2) is 41.7 Å². The summed E-state index contributed by atoms with van der Waals surface area (Å²) in [6, 6.07) is 9.04. The fourth-order valence-electron chi connectivity index (χ4n) is 0.730. The van der Waals surface area contributed by atoms with Crippen LogP contribution in [0.4, 0.5) is 5.69 Å². The molecule has 0 spiro atoms. The van der Waals surface area contributed by atoms with Gasteiger partial charge in [0.2, 0.25) is 0 Å². The number of para-hydroxylation sites is 1. The third-order valence-electron chi connectivity index (χ3n) is 1.31. The van der Waals surface area contributed by atoms with Crippen LogP contribution >= 0.6 is 11.6 Å². The molecule has 1 N–H and O–H groups in total. The van der Waals surface area contributed by atoms with Crippen molar-refractivity contribution in [1.29, 1.82) is 0 Å². The first-order valence-electron chi connectivity index (χ1n) is 3.52. The van der Waals surface area contributed by atoms with E-state index in [0.29, 0.717) is 0 Å². The van der Waals surface area contributed by atoms with Gasteiger partial charge in [0.05, 0.1) is 11.1 Å². The molecule has 68 valence electrons. The molecule has 0 bridgehead atoms. The molecule has 0 atom stereocenters. The van der Waals surface area contributed by atoms with Crippen molar-refractivity contribution in [2.75, 3.05) is 5.32 Å². The number of rotatable bonds is 3. The predicted octanol–water partition coefficient (Wildman–Crippen LogP) is 2.41.